The second kappa shape index (κ2) is 14.1. The molecule has 0 aromatic rings. The summed E-state index contributed by atoms with van der Waals surface area (Å²) in [5.41, 5.74) is 1.30. The van der Waals surface area contributed by atoms with E-state index in [1.807, 2.05) is 12.2 Å². The molecular formula is C16H26Cl2OSiZr. The van der Waals surface area contributed by atoms with E-state index in [2.05, 4.69) is 50.9 Å². The van der Waals surface area contributed by atoms with Gasteiger partial charge in [0.25, 0.3) is 0 Å². The second-order valence-corrected chi connectivity index (χ2v) is 9.82. The molecule has 0 unspecified atom stereocenters. The van der Waals surface area contributed by atoms with Gasteiger partial charge in [0.15, 0.2) is 0 Å². The van der Waals surface area contributed by atoms with Crippen molar-refractivity contribution in [3.8, 4) is 0 Å². The van der Waals surface area contributed by atoms with Crippen molar-refractivity contribution in [1.82, 2.24) is 0 Å². The van der Waals surface area contributed by atoms with E-state index >= 15 is 0 Å². The van der Waals surface area contributed by atoms with Crippen molar-refractivity contribution in [2.45, 2.75) is 52.2 Å². The molecule has 0 aliphatic heterocycles. The largest absolute Gasteiger partial charge is 2.00 e. The monoisotopic (exact) mass is 422 g/mol. The van der Waals surface area contributed by atoms with Gasteiger partial charge in [-0.15, -0.1) is 43.7 Å². The summed E-state index contributed by atoms with van der Waals surface area (Å²) < 4.78 is 5.96. The first-order chi connectivity index (χ1) is 8.53. The molecule has 0 atom stereocenters. The molecule has 0 fully saturated rings. The summed E-state index contributed by atoms with van der Waals surface area (Å²) in [5, 5.41) is 0. The van der Waals surface area contributed by atoms with E-state index in [-0.39, 0.29) is 51.0 Å². The van der Waals surface area contributed by atoms with E-state index in [0.717, 1.165) is 25.0 Å². The van der Waals surface area contributed by atoms with Crippen molar-refractivity contribution in [2.24, 2.45) is 0 Å². The Kier molecular flexibility index (Phi) is 17.6. The molecule has 0 aromatic heterocycles. The molecule has 5 heteroatoms. The van der Waals surface area contributed by atoms with Gasteiger partial charge in [0.05, 0.1) is 0 Å². The van der Waals surface area contributed by atoms with Crippen LogP contribution in [-0.2, 0) is 30.6 Å². The third kappa shape index (κ3) is 12.6. The Morgan fingerprint density at radius 1 is 1.19 bits per heavy atom. The van der Waals surface area contributed by atoms with Gasteiger partial charge in [0, 0.05) is 0 Å². The fourth-order valence-corrected chi connectivity index (χ4v) is 2.58. The second-order valence-electron chi connectivity index (χ2n) is 5.40. The van der Waals surface area contributed by atoms with Crippen molar-refractivity contribution in [1.29, 1.82) is 0 Å². The Morgan fingerprint density at radius 3 is 2.24 bits per heavy atom. The minimum atomic E-state index is -1.42. The van der Waals surface area contributed by atoms with E-state index in [1.54, 1.807) is 0 Å². The molecule has 2 rings (SSSR count). The average Bonchev–Trinajstić information content (AvgIpc) is 2.91. The molecule has 2 aliphatic carbocycles. The maximum Gasteiger partial charge on any atom is 2.00 e. The van der Waals surface area contributed by atoms with Gasteiger partial charge in [-0.05, 0) is 19.6 Å². The van der Waals surface area contributed by atoms with E-state index in [4.69, 9.17) is 4.43 Å². The predicted molar refractivity (Wildman–Crippen MR) is 94.9 cm³/mol. The van der Waals surface area contributed by atoms with Gasteiger partial charge in [-0.1, -0.05) is 25.5 Å². The van der Waals surface area contributed by atoms with Crippen molar-refractivity contribution >= 4 is 33.1 Å². The molecule has 0 radical (unpaired) electrons. The van der Waals surface area contributed by atoms with Gasteiger partial charge < -0.3 is 4.43 Å². The van der Waals surface area contributed by atoms with Gasteiger partial charge >= 0.3 is 26.2 Å². The summed E-state index contributed by atoms with van der Waals surface area (Å²) in [5.74, 6) is 1.11. The topological polar surface area (TPSA) is 9.23 Å². The Labute approximate surface area is 163 Å². The van der Waals surface area contributed by atoms with Crippen LogP contribution in [0.4, 0.5) is 0 Å². The SMILES string of the molecule is CCCC1=[C-]CC=C1O[Si](C)(C)C.Cl.Cl.[C-]1=CC=CC1.[Zr+2]. The number of halogens is 2. The van der Waals surface area contributed by atoms with E-state index in [0.29, 0.717) is 0 Å². The van der Waals surface area contributed by atoms with Crippen molar-refractivity contribution in [3.63, 3.8) is 0 Å². The number of hydrogen-bond donors (Lipinski definition) is 0. The molecule has 0 spiro atoms. The van der Waals surface area contributed by atoms with Gasteiger partial charge in [0.2, 0.25) is 8.32 Å². The van der Waals surface area contributed by atoms with Crippen LogP contribution in [0, 0.1) is 12.2 Å². The molecule has 0 N–H and O–H groups in total. The standard InChI is InChI=1S/C11H19OSi.C5H5.2ClH.Zr/c1-5-7-10-8-6-9-11(10)12-13(2,3)4;1-2-4-5-3-1;;;/h9H,5-7H2,1-4H3;1-3H,4H2;2*1H;/q2*-1;;;+2. The van der Waals surface area contributed by atoms with Crippen LogP contribution in [0.2, 0.25) is 19.6 Å². The zero-order chi connectivity index (χ0) is 13.4. The molecule has 1 nitrogen and oxygen atoms in total. The first kappa shape index (κ1) is 26.3. The van der Waals surface area contributed by atoms with Crippen molar-refractivity contribution in [2.75, 3.05) is 0 Å². The number of allylic oxidation sites excluding steroid dienone is 7. The summed E-state index contributed by atoms with van der Waals surface area (Å²) in [6.45, 7) is 8.85. The van der Waals surface area contributed by atoms with Gasteiger partial charge in [-0.2, -0.15) is 11.6 Å². The fraction of sp³-hybridized carbons (Fsp3) is 0.500. The third-order valence-electron chi connectivity index (χ3n) is 2.40. The van der Waals surface area contributed by atoms with Crippen LogP contribution in [0.15, 0.2) is 35.6 Å². The number of rotatable bonds is 4. The molecule has 21 heavy (non-hydrogen) atoms. The van der Waals surface area contributed by atoms with E-state index < -0.39 is 8.32 Å². The van der Waals surface area contributed by atoms with Gasteiger partial charge in [0.1, 0.15) is 0 Å². The molecule has 0 saturated carbocycles. The first-order valence-corrected chi connectivity index (χ1v) is 10.1. The zero-order valence-corrected chi connectivity index (χ0v) is 18.5. The van der Waals surface area contributed by atoms with Crippen LogP contribution in [0.5, 0.6) is 0 Å². The molecule has 0 bridgehead atoms. The summed E-state index contributed by atoms with van der Waals surface area (Å²) in [6.07, 6.45) is 18.7. The van der Waals surface area contributed by atoms with Crippen LogP contribution in [-0.4, -0.2) is 8.32 Å². The summed E-state index contributed by atoms with van der Waals surface area (Å²) in [4.78, 5) is 0. The maximum atomic E-state index is 5.96. The third-order valence-corrected chi connectivity index (χ3v) is 3.23. The van der Waals surface area contributed by atoms with Crippen LogP contribution >= 0.6 is 24.8 Å². The average molecular weight is 425 g/mol. The molecule has 0 saturated heterocycles. The van der Waals surface area contributed by atoms with E-state index in [9.17, 15) is 0 Å². The zero-order valence-electron chi connectivity index (χ0n) is 13.4. The van der Waals surface area contributed by atoms with Crippen LogP contribution in [0.1, 0.15) is 32.6 Å². The Bertz CT molecular complexity index is 372. The minimum absolute atomic E-state index is 0. The Balaban J connectivity index is -0.000000349. The fourth-order valence-electron chi connectivity index (χ4n) is 1.71. The molecule has 2 aliphatic rings. The minimum Gasteiger partial charge on any atom is -0.631 e. The van der Waals surface area contributed by atoms with Crippen molar-refractivity contribution in [3.05, 3.63) is 47.8 Å². The molecule has 0 amide bonds. The van der Waals surface area contributed by atoms with Crippen LogP contribution in [0.3, 0.4) is 0 Å². The predicted octanol–water partition coefficient (Wildman–Crippen LogP) is 5.80. The molecule has 0 heterocycles. The Hall–Kier alpha value is 0.440. The molecular weight excluding hydrogens is 398 g/mol. The van der Waals surface area contributed by atoms with Gasteiger partial charge in [-0.25, -0.2) is 12.2 Å². The molecule has 118 valence electrons. The summed E-state index contributed by atoms with van der Waals surface area (Å²) >= 11 is 0. The smallest absolute Gasteiger partial charge is 0.631 e. The van der Waals surface area contributed by atoms with Gasteiger partial charge in [-0.3, -0.25) is 12.2 Å². The maximum absolute atomic E-state index is 5.96. The summed E-state index contributed by atoms with van der Waals surface area (Å²) in [6, 6.07) is 0. The van der Waals surface area contributed by atoms with Crippen LogP contribution < -0.4 is 0 Å². The van der Waals surface area contributed by atoms with Crippen LogP contribution in [0.25, 0.3) is 0 Å². The first-order valence-electron chi connectivity index (χ1n) is 6.74. The summed E-state index contributed by atoms with van der Waals surface area (Å²) in [7, 11) is -1.42. The van der Waals surface area contributed by atoms with E-state index in [1.165, 1.54) is 12.0 Å². The molecule has 0 aromatic carbocycles. The van der Waals surface area contributed by atoms with Crippen molar-refractivity contribution < 1.29 is 30.6 Å². The number of hydrogen-bond acceptors (Lipinski definition) is 1. The quantitative estimate of drug-likeness (QED) is 0.409. The normalized spacial score (nSPS) is 14.7. The Morgan fingerprint density at radius 2 is 1.86 bits per heavy atom.